The Kier molecular flexibility index (Phi) is 1.38. The van der Waals surface area contributed by atoms with Crippen molar-refractivity contribution in [3.05, 3.63) is 29.8 Å². The van der Waals surface area contributed by atoms with Crippen LogP contribution in [-0.4, -0.2) is 16.3 Å². The van der Waals surface area contributed by atoms with Crippen LogP contribution in [0.1, 0.15) is 0 Å². The van der Waals surface area contributed by atoms with Crippen molar-refractivity contribution in [1.29, 1.82) is 0 Å². The van der Waals surface area contributed by atoms with Gasteiger partial charge in [-0.1, -0.05) is 12.2 Å². The Morgan fingerprint density at radius 1 is 1.33 bits per heavy atom. The van der Waals surface area contributed by atoms with E-state index >= 15 is 0 Å². The van der Waals surface area contributed by atoms with Crippen LogP contribution in [0.15, 0.2) is 24.3 Å². The summed E-state index contributed by atoms with van der Waals surface area (Å²) in [5.74, 6) is -0.264. The highest BCUT2D eigenvalue weighted by molar-refractivity contribution is 6.46. The minimum absolute atomic E-state index is 0.0810. The summed E-state index contributed by atoms with van der Waals surface area (Å²) in [5.41, 5.74) is 8.22. The lowest BCUT2D eigenvalue weighted by atomic mass is 10.1. The second-order valence-electron chi connectivity index (χ2n) is 1.57. The lowest BCUT2D eigenvalue weighted by Crippen LogP contribution is -2.10. The molecule has 44 valence electrons. The Hall–Kier alpha value is -1.47. The van der Waals surface area contributed by atoms with E-state index in [0.717, 1.165) is 0 Å². The van der Waals surface area contributed by atoms with Gasteiger partial charge in [-0.15, -0.1) is 0 Å². The molecule has 0 aromatic rings. The molecule has 1 aliphatic rings. The van der Waals surface area contributed by atoms with Gasteiger partial charge in [0, 0.05) is 6.08 Å². The highest BCUT2D eigenvalue weighted by Gasteiger charge is 2.13. The lowest BCUT2D eigenvalue weighted by molar-refractivity contribution is -0.112. The number of rotatable bonds is 0. The molecule has 9 heavy (non-hydrogen) atoms. The van der Waals surface area contributed by atoms with Crippen molar-refractivity contribution in [2.24, 2.45) is 0 Å². The van der Waals surface area contributed by atoms with Gasteiger partial charge in [-0.3, -0.25) is 4.79 Å². The molecule has 0 aromatic heterocycles. The molecule has 0 unspecified atom stereocenters. The largest absolute Gasteiger partial charge is 0.362 e. The Morgan fingerprint density at radius 3 is 2.44 bits per heavy atom. The first-order valence-corrected chi connectivity index (χ1v) is 2.46. The van der Waals surface area contributed by atoms with E-state index in [2.05, 4.69) is 4.79 Å². The molecular weight excluding hydrogens is 116 g/mol. The van der Waals surface area contributed by atoms with Gasteiger partial charge in [0.05, 0.1) is 0 Å². The average Bonchev–Trinajstić information content (AvgIpc) is 1.89. The first-order chi connectivity index (χ1) is 4.34. The van der Waals surface area contributed by atoms with Crippen LogP contribution < -0.4 is 0 Å². The minimum atomic E-state index is -0.264. The molecule has 0 fully saturated rings. The average molecular weight is 120 g/mol. The van der Waals surface area contributed by atoms with Crippen LogP contribution in [0.3, 0.4) is 0 Å². The summed E-state index contributed by atoms with van der Waals surface area (Å²) >= 11 is 0. The summed E-state index contributed by atoms with van der Waals surface area (Å²) in [6.45, 7) is 0. The fourth-order valence-electron chi connectivity index (χ4n) is 0.540. The van der Waals surface area contributed by atoms with Gasteiger partial charge in [0.25, 0.3) is 5.78 Å². The monoisotopic (exact) mass is 120 g/mol. The number of ketones is 1. The molecule has 0 spiro atoms. The molecule has 1 aliphatic carbocycles. The predicted octanol–water partition coefficient (Wildman–Crippen LogP) is 0.352. The Balaban J connectivity index is 3.04. The van der Waals surface area contributed by atoms with Crippen molar-refractivity contribution in [1.82, 2.24) is 0 Å². The smallest absolute Gasteiger partial charge is 0.361 e. The number of carbonyl (C=O) groups is 1. The normalized spacial score (nSPS) is 16.0. The summed E-state index contributed by atoms with van der Waals surface area (Å²) in [5, 5.41) is 0. The molecule has 0 N–H and O–H groups in total. The van der Waals surface area contributed by atoms with Gasteiger partial charge in [0.2, 0.25) is 0 Å². The summed E-state index contributed by atoms with van der Waals surface area (Å²) in [7, 11) is 0. The Labute approximate surface area is 51.9 Å². The van der Waals surface area contributed by atoms with E-state index in [4.69, 9.17) is 5.53 Å². The van der Waals surface area contributed by atoms with Crippen molar-refractivity contribution in [3.63, 3.8) is 0 Å². The maximum Gasteiger partial charge on any atom is 0.362 e. The molecule has 0 saturated heterocycles. The van der Waals surface area contributed by atoms with E-state index in [1.165, 1.54) is 12.2 Å². The van der Waals surface area contributed by atoms with Crippen LogP contribution in [0, 0.1) is 0 Å². The maximum absolute atomic E-state index is 10.6. The van der Waals surface area contributed by atoms with Gasteiger partial charge in [-0.2, -0.15) is 4.79 Å². The van der Waals surface area contributed by atoms with Gasteiger partial charge in [0.15, 0.2) is 0 Å². The Morgan fingerprint density at radius 2 is 2.00 bits per heavy atom. The second-order valence-corrected chi connectivity index (χ2v) is 1.57. The van der Waals surface area contributed by atoms with Crippen molar-refractivity contribution < 1.29 is 9.58 Å². The molecule has 3 heteroatoms. The van der Waals surface area contributed by atoms with Crippen molar-refractivity contribution in [2.75, 3.05) is 0 Å². The maximum atomic E-state index is 10.6. The van der Waals surface area contributed by atoms with Crippen molar-refractivity contribution >= 4 is 11.5 Å². The van der Waals surface area contributed by atoms with E-state index in [0.29, 0.717) is 0 Å². The second kappa shape index (κ2) is 2.20. The summed E-state index contributed by atoms with van der Waals surface area (Å²) < 4.78 is 0. The van der Waals surface area contributed by atoms with Gasteiger partial charge in [0.1, 0.15) is 0 Å². The third-order valence-corrected chi connectivity index (χ3v) is 0.973. The summed E-state index contributed by atoms with van der Waals surface area (Å²) in [6.07, 6.45) is 6.02. The molecule has 0 atom stereocenters. The fourth-order valence-corrected chi connectivity index (χ4v) is 0.540. The van der Waals surface area contributed by atoms with E-state index in [9.17, 15) is 4.79 Å². The number of carbonyl (C=O) groups excluding carboxylic acids is 1. The fraction of sp³-hybridized carbons (Fsp3) is 0. The van der Waals surface area contributed by atoms with E-state index in [1.54, 1.807) is 12.2 Å². The van der Waals surface area contributed by atoms with Gasteiger partial charge in [-0.25, -0.2) is 0 Å². The zero-order valence-corrected chi connectivity index (χ0v) is 4.61. The third kappa shape index (κ3) is 1.01. The zero-order chi connectivity index (χ0) is 6.69. The zero-order valence-electron chi connectivity index (χ0n) is 4.61. The molecule has 0 saturated carbocycles. The van der Waals surface area contributed by atoms with Crippen molar-refractivity contribution in [3.8, 4) is 0 Å². The molecule has 1 rings (SSSR count). The van der Waals surface area contributed by atoms with Gasteiger partial charge in [-0.05, 0) is 6.08 Å². The number of hydrogen-bond acceptors (Lipinski definition) is 1. The number of nitrogens with zero attached hydrogens (tertiary/aromatic N) is 2. The van der Waals surface area contributed by atoms with Crippen LogP contribution in [0.25, 0.3) is 5.53 Å². The molecule has 0 amide bonds. The van der Waals surface area contributed by atoms with E-state index in [-0.39, 0.29) is 11.5 Å². The summed E-state index contributed by atoms with van der Waals surface area (Å²) in [4.78, 5) is 13.4. The molecule has 3 nitrogen and oxygen atoms in total. The molecule has 0 heterocycles. The number of hydrogen-bond donors (Lipinski definition) is 0. The highest BCUT2D eigenvalue weighted by Crippen LogP contribution is 1.91. The molecule has 0 aromatic carbocycles. The topological polar surface area (TPSA) is 53.5 Å². The minimum Gasteiger partial charge on any atom is -0.361 e. The van der Waals surface area contributed by atoms with Crippen molar-refractivity contribution in [2.45, 2.75) is 0 Å². The highest BCUT2D eigenvalue weighted by atomic mass is 16.1. The molecule has 0 radical (unpaired) electrons. The quantitative estimate of drug-likeness (QED) is 0.258. The van der Waals surface area contributed by atoms with E-state index in [1.807, 2.05) is 0 Å². The predicted molar refractivity (Wildman–Crippen MR) is 31.9 cm³/mol. The first-order valence-electron chi connectivity index (χ1n) is 2.46. The first kappa shape index (κ1) is 5.66. The van der Waals surface area contributed by atoms with Crippen LogP contribution in [0.2, 0.25) is 0 Å². The van der Waals surface area contributed by atoms with Crippen LogP contribution >= 0.6 is 0 Å². The third-order valence-electron chi connectivity index (χ3n) is 0.973. The van der Waals surface area contributed by atoms with Gasteiger partial charge >= 0.3 is 5.71 Å². The lowest BCUT2D eigenvalue weighted by Gasteiger charge is -1.85. The molecular formula is C6H4N2O. The van der Waals surface area contributed by atoms with E-state index < -0.39 is 0 Å². The molecule has 0 aliphatic heterocycles. The van der Waals surface area contributed by atoms with Gasteiger partial charge < -0.3 is 5.53 Å². The SMILES string of the molecule is [N-]=[N+]=C1C=CC=CC1=O. The Bertz CT molecular complexity index is 244. The van der Waals surface area contributed by atoms with Crippen LogP contribution in [0.5, 0.6) is 0 Å². The molecule has 0 bridgehead atoms. The van der Waals surface area contributed by atoms with Crippen LogP contribution in [-0.2, 0) is 4.79 Å². The summed E-state index contributed by atoms with van der Waals surface area (Å²) in [6, 6.07) is 0. The standard InChI is InChI=1S/C6H4N2O/c7-8-5-3-1-2-4-6(5)9/h1-4H. The van der Waals surface area contributed by atoms with Crippen LogP contribution in [0.4, 0.5) is 0 Å². The number of allylic oxidation sites excluding steroid dienone is 4.